The van der Waals surface area contributed by atoms with Gasteiger partial charge in [0.05, 0.1) is 18.2 Å². The van der Waals surface area contributed by atoms with E-state index in [4.69, 9.17) is 15.2 Å². The molecule has 1 fully saturated rings. The molecular formula is C18H25BrN2O4. The number of halogens is 1. The van der Waals surface area contributed by atoms with Crippen molar-refractivity contribution >= 4 is 27.7 Å². The third-order valence-electron chi connectivity index (χ3n) is 4.47. The molecule has 0 spiro atoms. The Morgan fingerprint density at radius 2 is 1.96 bits per heavy atom. The quantitative estimate of drug-likeness (QED) is 0.719. The molecule has 1 aromatic rings. The van der Waals surface area contributed by atoms with Crippen LogP contribution in [0.5, 0.6) is 11.5 Å². The van der Waals surface area contributed by atoms with E-state index in [2.05, 4.69) is 21.2 Å². The van der Waals surface area contributed by atoms with Gasteiger partial charge in [-0.3, -0.25) is 9.59 Å². The molecule has 0 aromatic heterocycles. The molecule has 7 heteroatoms. The van der Waals surface area contributed by atoms with Crippen molar-refractivity contribution in [2.75, 3.05) is 13.7 Å². The van der Waals surface area contributed by atoms with Gasteiger partial charge in [0.15, 0.2) is 11.5 Å². The van der Waals surface area contributed by atoms with E-state index in [1.54, 1.807) is 12.1 Å². The molecule has 138 valence electrons. The standard InChI is InChI=1S/C18H25BrN2O4/c1-3-9-25-15-13(19)10-12(11-14(15)24-2)16(22)21-18(17(20)23)7-5-4-6-8-18/h10-11H,3-9H2,1-2H3,(H2,20,23)(H,21,22). The molecule has 6 nitrogen and oxygen atoms in total. The zero-order valence-corrected chi connectivity index (χ0v) is 16.3. The number of nitrogens with two attached hydrogens (primary N) is 1. The van der Waals surface area contributed by atoms with Crippen LogP contribution in [0.15, 0.2) is 16.6 Å². The first-order valence-electron chi connectivity index (χ1n) is 8.56. The van der Waals surface area contributed by atoms with Gasteiger partial charge in [0.2, 0.25) is 5.91 Å². The molecule has 1 saturated carbocycles. The molecule has 0 unspecified atom stereocenters. The summed E-state index contributed by atoms with van der Waals surface area (Å²) >= 11 is 3.43. The fraction of sp³-hybridized carbons (Fsp3) is 0.556. The van der Waals surface area contributed by atoms with E-state index in [-0.39, 0.29) is 5.91 Å². The average Bonchev–Trinajstić information content (AvgIpc) is 2.60. The number of rotatable bonds is 7. The van der Waals surface area contributed by atoms with E-state index in [0.717, 1.165) is 25.7 Å². The summed E-state index contributed by atoms with van der Waals surface area (Å²) < 4.78 is 11.7. The molecular weight excluding hydrogens is 388 g/mol. The predicted molar refractivity (Wildman–Crippen MR) is 99.0 cm³/mol. The van der Waals surface area contributed by atoms with Crippen molar-refractivity contribution in [3.8, 4) is 11.5 Å². The fourth-order valence-electron chi connectivity index (χ4n) is 3.07. The van der Waals surface area contributed by atoms with Crippen molar-refractivity contribution in [1.82, 2.24) is 5.32 Å². The van der Waals surface area contributed by atoms with Gasteiger partial charge in [-0.15, -0.1) is 0 Å². The smallest absolute Gasteiger partial charge is 0.252 e. The van der Waals surface area contributed by atoms with Crippen molar-refractivity contribution in [3.05, 3.63) is 22.2 Å². The Morgan fingerprint density at radius 1 is 1.28 bits per heavy atom. The summed E-state index contributed by atoms with van der Waals surface area (Å²) in [6.45, 7) is 2.56. The first kappa shape index (κ1) is 19.6. The number of amides is 2. The molecule has 0 saturated heterocycles. The predicted octanol–water partition coefficient (Wildman–Crippen LogP) is 3.16. The van der Waals surface area contributed by atoms with Crippen molar-refractivity contribution in [2.24, 2.45) is 5.73 Å². The number of hydrogen-bond donors (Lipinski definition) is 2. The summed E-state index contributed by atoms with van der Waals surface area (Å²) in [5.74, 6) is 0.198. The van der Waals surface area contributed by atoms with E-state index in [1.807, 2.05) is 6.92 Å². The highest BCUT2D eigenvalue weighted by Gasteiger charge is 2.39. The van der Waals surface area contributed by atoms with Crippen LogP contribution in [-0.2, 0) is 4.79 Å². The minimum Gasteiger partial charge on any atom is -0.493 e. The van der Waals surface area contributed by atoms with E-state index >= 15 is 0 Å². The maximum Gasteiger partial charge on any atom is 0.252 e. The summed E-state index contributed by atoms with van der Waals surface area (Å²) in [7, 11) is 1.52. The average molecular weight is 413 g/mol. The highest BCUT2D eigenvalue weighted by Crippen LogP contribution is 2.37. The Balaban J connectivity index is 2.26. The Labute approximate surface area is 156 Å². The van der Waals surface area contributed by atoms with Crippen LogP contribution in [0, 0.1) is 0 Å². The fourth-order valence-corrected chi connectivity index (χ4v) is 3.63. The van der Waals surface area contributed by atoms with Gasteiger partial charge in [-0.1, -0.05) is 26.2 Å². The Hall–Kier alpha value is -1.76. The molecule has 1 aromatic carbocycles. The topological polar surface area (TPSA) is 90.6 Å². The van der Waals surface area contributed by atoms with Crippen molar-refractivity contribution in [1.29, 1.82) is 0 Å². The number of benzene rings is 1. The van der Waals surface area contributed by atoms with E-state index in [9.17, 15) is 9.59 Å². The van der Waals surface area contributed by atoms with Crippen molar-refractivity contribution in [2.45, 2.75) is 51.0 Å². The Bertz CT molecular complexity index is 642. The number of nitrogens with one attached hydrogen (secondary N) is 1. The van der Waals surface area contributed by atoms with Gasteiger partial charge in [0.1, 0.15) is 5.54 Å². The van der Waals surface area contributed by atoms with E-state index in [1.165, 1.54) is 7.11 Å². The third-order valence-corrected chi connectivity index (χ3v) is 5.06. The summed E-state index contributed by atoms with van der Waals surface area (Å²) in [4.78, 5) is 24.7. The van der Waals surface area contributed by atoms with Gasteiger partial charge in [-0.05, 0) is 47.3 Å². The first-order valence-corrected chi connectivity index (χ1v) is 9.35. The van der Waals surface area contributed by atoms with Crippen LogP contribution >= 0.6 is 15.9 Å². The zero-order valence-electron chi connectivity index (χ0n) is 14.7. The molecule has 2 rings (SSSR count). The Morgan fingerprint density at radius 3 is 2.52 bits per heavy atom. The van der Waals surface area contributed by atoms with Gasteiger partial charge >= 0.3 is 0 Å². The summed E-state index contributed by atoms with van der Waals surface area (Å²) in [5, 5.41) is 2.86. The SMILES string of the molecule is CCCOc1c(Br)cc(C(=O)NC2(C(N)=O)CCCCC2)cc1OC. The van der Waals surface area contributed by atoms with Crippen molar-refractivity contribution < 1.29 is 19.1 Å². The summed E-state index contributed by atoms with van der Waals surface area (Å²) in [5.41, 5.74) is 5.01. The number of carbonyl (C=O) groups is 2. The molecule has 0 heterocycles. The first-order chi connectivity index (χ1) is 11.9. The molecule has 0 aliphatic heterocycles. The monoisotopic (exact) mass is 412 g/mol. The van der Waals surface area contributed by atoms with Gasteiger partial charge in [0, 0.05) is 5.56 Å². The van der Waals surface area contributed by atoms with Crippen LogP contribution in [0.25, 0.3) is 0 Å². The lowest BCUT2D eigenvalue weighted by Gasteiger charge is -2.35. The molecule has 3 N–H and O–H groups in total. The van der Waals surface area contributed by atoms with Crippen LogP contribution in [-0.4, -0.2) is 31.1 Å². The van der Waals surface area contributed by atoms with Gasteiger partial charge < -0.3 is 20.5 Å². The van der Waals surface area contributed by atoms with Gasteiger partial charge in [0.25, 0.3) is 5.91 Å². The van der Waals surface area contributed by atoms with Crippen LogP contribution in [0.1, 0.15) is 55.8 Å². The minimum absolute atomic E-state index is 0.346. The second-order valence-corrected chi connectivity index (χ2v) is 7.15. The molecule has 25 heavy (non-hydrogen) atoms. The third kappa shape index (κ3) is 4.45. The number of hydrogen-bond acceptors (Lipinski definition) is 4. The highest BCUT2D eigenvalue weighted by molar-refractivity contribution is 9.10. The Kier molecular flexibility index (Phi) is 6.70. The highest BCUT2D eigenvalue weighted by atomic mass is 79.9. The number of ether oxygens (including phenoxy) is 2. The normalized spacial score (nSPS) is 16.1. The summed E-state index contributed by atoms with van der Waals surface area (Å²) in [6, 6.07) is 3.28. The number of carbonyl (C=O) groups excluding carboxylic acids is 2. The van der Waals surface area contributed by atoms with E-state index < -0.39 is 11.4 Å². The lowest BCUT2D eigenvalue weighted by Crippen LogP contribution is -2.58. The second-order valence-electron chi connectivity index (χ2n) is 6.30. The maximum atomic E-state index is 12.7. The maximum absolute atomic E-state index is 12.7. The second kappa shape index (κ2) is 8.56. The van der Waals surface area contributed by atoms with Gasteiger partial charge in [-0.2, -0.15) is 0 Å². The molecule has 1 aliphatic carbocycles. The molecule has 1 aliphatic rings. The minimum atomic E-state index is -0.966. The zero-order chi connectivity index (χ0) is 18.4. The van der Waals surface area contributed by atoms with Crippen LogP contribution in [0.3, 0.4) is 0 Å². The number of primary amides is 1. The lowest BCUT2D eigenvalue weighted by atomic mass is 9.81. The molecule has 0 atom stereocenters. The number of methoxy groups -OCH3 is 1. The van der Waals surface area contributed by atoms with Crippen LogP contribution < -0.4 is 20.5 Å². The molecule has 2 amide bonds. The van der Waals surface area contributed by atoms with E-state index in [0.29, 0.717) is 41.0 Å². The summed E-state index contributed by atoms with van der Waals surface area (Å²) in [6.07, 6.45) is 4.81. The molecule has 0 bridgehead atoms. The lowest BCUT2D eigenvalue weighted by molar-refractivity contribution is -0.125. The van der Waals surface area contributed by atoms with Crippen LogP contribution in [0.2, 0.25) is 0 Å². The largest absolute Gasteiger partial charge is 0.493 e. The van der Waals surface area contributed by atoms with Crippen molar-refractivity contribution in [3.63, 3.8) is 0 Å². The molecule has 0 radical (unpaired) electrons. The van der Waals surface area contributed by atoms with Gasteiger partial charge in [-0.25, -0.2) is 0 Å². The van der Waals surface area contributed by atoms with Crippen LogP contribution in [0.4, 0.5) is 0 Å².